The summed E-state index contributed by atoms with van der Waals surface area (Å²) in [6, 6.07) is 0. The van der Waals surface area contributed by atoms with Gasteiger partial charge in [-0.3, -0.25) is 0 Å². The van der Waals surface area contributed by atoms with Crippen LogP contribution in [0.1, 0.15) is 33.1 Å². The molecule has 0 aromatic heterocycles. The zero-order chi connectivity index (χ0) is 6.85. The Morgan fingerprint density at radius 3 is 2.22 bits per heavy atom. The Bertz CT molecular complexity index is 88.6. The van der Waals surface area contributed by atoms with Crippen molar-refractivity contribution >= 4 is 0 Å². The highest BCUT2D eigenvalue weighted by molar-refractivity contribution is 4.78. The van der Waals surface area contributed by atoms with Gasteiger partial charge in [0.25, 0.3) is 0 Å². The molecule has 0 aliphatic heterocycles. The van der Waals surface area contributed by atoms with Gasteiger partial charge in [0.1, 0.15) is 0 Å². The van der Waals surface area contributed by atoms with Crippen LogP contribution in [0.5, 0.6) is 0 Å². The lowest BCUT2D eigenvalue weighted by atomic mass is 9.93. The number of hydrogen-bond acceptors (Lipinski definition) is 1. The van der Waals surface area contributed by atoms with E-state index in [0.717, 1.165) is 6.42 Å². The van der Waals surface area contributed by atoms with E-state index >= 15 is 0 Å². The molecule has 0 spiro atoms. The quantitative estimate of drug-likeness (QED) is 0.571. The van der Waals surface area contributed by atoms with Crippen LogP contribution in [0.2, 0.25) is 0 Å². The summed E-state index contributed by atoms with van der Waals surface area (Å²) < 4.78 is 0. The molecule has 1 saturated carbocycles. The fraction of sp³-hybridized carbons (Fsp3) is 1.00. The molecule has 0 saturated heterocycles. The van der Waals surface area contributed by atoms with Crippen molar-refractivity contribution in [1.82, 2.24) is 0 Å². The SMILES string of the molecule is CC(C)[C@H]1CCCC1O. The average Bonchev–Trinajstić information content (AvgIpc) is 2.13. The standard InChI is InChI=1S/C8H16O/c1-6(2)7-4-3-5-8(7)9/h6-9H,3-5H2,1-2H3/t7-,8?/m1/s1. The topological polar surface area (TPSA) is 20.2 Å². The zero-order valence-corrected chi connectivity index (χ0v) is 6.30. The van der Waals surface area contributed by atoms with Crippen LogP contribution in [0.15, 0.2) is 0 Å². The maximum absolute atomic E-state index is 9.36. The summed E-state index contributed by atoms with van der Waals surface area (Å²) in [5.41, 5.74) is 0. The van der Waals surface area contributed by atoms with E-state index in [4.69, 9.17) is 0 Å². The number of hydrogen-bond donors (Lipinski definition) is 1. The smallest absolute Gasteiger partial charge is 0.0570 e. The zero-order valence-electron chi connectivity index (χ0n) is 6.30. The van der Waals surface area contributed by atoms with Crippen LogP contribution in [0, 0.1) is 11.8 Å². The van der Waals surface area contributed by atoms with Gasteiger partial charge in [-0.05, 0) is 24.7 Å². The second kappa shape index (κ2) is 2.70. The van der Waals surface area contributed by atoms with Crippen molar-refractivity contribution in [1.29, 1.82) is 0 Å². The normalized spacial score (nSPS) is 36.0. The van der Waals surface area contributed by atoms with E-state index in [1.807, 2.05) is 0 Å². The fourth-order valence-corrected chi connectivity index (χ4v) is 1.75. The monoisotopic (exact) mass is 128 g/mol. The van der Waals surface area contributed by atoms with Gasteiger partial charge in [0.2, 0.25) is 0 Å². The third-order valence-corrected chi connectivity index (χ3v) is 2.39. The lowest BCUT2D eigenvalue weighted by Crippen LogP contribution is -2.18. The molecule has 1 rings (SSSR count). The van der Waals surface area contributed by atoms with E-state index in [2.05, 4.69) is 13.8 Å². The predicted octanol–water partition coefficient (Wildman–Crippen LogP) is 1.80. The Balaban J connectivity index is 2.40. The molecule has 54 valence electrons. The molecule has 1 aliphatic carbocycles. The molecular weight excluding hydrogens is 112 g/mol. The summed E-state index contributed by atoms with van der Waals surface area (Å²) in [7, 11) is 0. The Kier molecular flexibility index (Phi) is 2.12. The third kappa shape index (κ3) is 1.45. The van der Waals surface area contributed by atoms with Crippen molar-refractivity contribution < 1.29 is 5.11 Å². The van der Waals surface area contributed by atoms with Crippen LogP contribution >= 0.6 is 0 Å². The lowest BCUT2D eigenvalue weighted by Gasteiger charge is -2.17. The van der Waals surface area contributed by atoms with Crippen molar-refractivity contribution in [3.8, 4) is 0 Å². The van der Waals surface area contributed by atoms with Crippen molar-refractivity contribution in [2.24, 2.45) is 11.8 Å². The molecule has 0 heterocycles. The van der Waals surface area contributed by atoms with Gasteiger partial charge >= 0.3 is 0 Å². The van der Waals surface area contributed by atoms with Crippen LogP contribution < -0.4 is 0 Å². The van der Waals surface area contributed by atoms with Gasteiger partial charge in [0.05, 0.1) is 6.10 Å². The van der Waals surface area contributed by atoms with Crippen LogP contribution in [-0.4, -0.2) is 11.2 Å². The van der Waals surface area contributed by atoms with Crippen molar-refractivity contribution in [2.45, 2.75) is 39.2 Å². The molecule has 1 fully saturated rings. The van der Waals surface area contributed by atoms with Gasteiger partial charge in [-0.1, -0.05) is 20.3 Å². The minimum atomic E-state index is 0.00463. The largest absolute Gasteiger partial charge is 0.393 e. The van der Waals surface area contributed by atoms with Crippen molar-refractivity contribution in [3.05, 3.63) is 0 Å². The van der Waals surface area contributed by atoms with Crippen LogP contribution in [0.4, 0.5) is 0 Å². The highest BCUT2D eigenvalue weighted by Gasteiger charge is 2.27. The second-order valence-corrected chi connectivity index (χ2v) is 3.41. The van der Waals surface area contributed by atoms with E-state index in [1.54, 1.807) is 0 Å². The Morgan fingerprint density at radius 2 is 2.00 bits per heavy atom. The van der Waals surface area contributed by atoms with E-state index in [1.165, 1.54) is 12.8 Å². The molecule has 0 aromatic rings. The number of rotatable bonds is 1. The predicted molar refractivity (Wildman–Crippen MR) is 38.2 cm³/mol. The summed E-state index contributed by atoms with van der Waals surface area (Å²) in [6.45, 7) is 4.39. The molecule has 9 heavy (non-hydrogen) atoms. The molecular formula is C8H16O. The molecule has 2 atom stereocenters. The summed E-state index contributed by atoms with van der Waals surface area (Å²) in [4.78, 5) is 0. The van der Waals surface area contributed by atoms with E-state index in [-0.39, 0.29) is 6.10 Å². The molecule has 1 unspecified atom stereocenters. The first kappa shape index (κ1) is 7.07. The summed E-state index contributed by atoms with van der Waals surface area (Å²) in [5, 5.41) is 9.36. The average molecular weight is 128 g/mol. The maximum atomic E-state index is 9.36. The van der Waals surface area contributed by atoms with Gasteiger partial charge in [-0.15, -0.1) is 0 Å². The minimum absolute atomic E-state index is 0.00463. The minimum Gasteiger partial charge on any atom is -0.393 e. The fourth-order valence-electron chi connectivity index (χ4n) is 1.75. The first-order valence-electron chi connectivity index (χ1n) is 3.90. The number of aliphatic hydroxyl groups excluding tert-OH is 1. The first-order chi connectivity index (χ1) is 4.22. The van der Waals surface area contributed by atoms with Gasteiger partial charge in [0, 0.05) is 0 Å². The molecule has 0 aromatic carbocycles. The molecule has 0 radical (unpaired) electrons. The molecule has 1 aliphatic rings. The molecule has 0 amide bonds. The summed E-state index contributed by atoms with van der Waals surface area (Å²) >= 11 is 0. The van der Waals surface area contributed by atoms with Crippen LogP contribution in [0.25, 0.3) is 0 Å². The van der Waals surface area contributed by atoms with E-state index in [0.29, 0.717) is 11.8 Å². The van der Waals surface area contributed by atoms with Gasteiger partial charge in [0.15, 0.2) is 0 Å². The molecule has 1 nitrogen and oxygen atoms in total. The molecule has 1 N–H and O–H groups in total. The Hall–Kier alpha value is -0.0400. The summed E-state index contributed by atoms with van der Waals surface area (Å²) in [5.74, 6) is 1.26. The number of aliphatic hydroxyl groups is 1. The van der Waals surface area contributed by atoms with E-state index in [9.17, 15) is 5.11 Å². The third-order valence-electron chi connectivity index (χ3n) is 2.39. The summed E-state index contributed by atoms with van der Waals surface area (Å²) in [6.07, 6.45) is 3.50. The Labute approximate surface area is 57.1 Å². The second-order valence-electron chi connectivity index (χ2n) is 3.41. The van der Waals surface area contributed by atoms with Gasteiger partial charge in [-0.2, -0.15) is 0 Å². The van der Waals surface area contributed by atoms with Gasteiger partial charge in [-0.25, -0.2) is 0 Å². The highest BCUT2D eigenvalue weighted by Crippen LogP contribution is 2.30. The maximum Gasteiger partial charge on any atom is 0.0570 e. The van der Waals surface area contributed by atoms with Crippen LogP contribution in [0.3, 0.4) is 0 Å². The van der Waals surface area contributed by atoms with Crippen molar-refractivity contribution in [2.75, 3.05) is 0 Å². The van der Waals surface area contributed by atoms with E-state index < -0.39 is 0 Å². The first-order valence-corrected chi connectivity index (χ1v) is 3.90. The Morgan fingerprint density at radius 1 is 1.33 bits per heavy atom. The van der Waals surface area contributed by atoms with Crippen molar-refractivity contribution in [3.63, 3.8) is 0 Å². The molecule has 0 bridgehead atoms. The van der Waals surface area contributed by atoms with Crippen LogP contribution in [-0.2, 0) is 0 Å². The van der Waals surface area contributed by atoms with Gasteiger partial charge < -0.3 is 5.11 Å². The molecule has 1 heteroatoms. The highest BCUT2D eigenvalue weighted by atomic mass is 16.3. The lowest BCUT2D eigenvalue weighted by molar-refractivity contribution is 0.108.